The van der Waals surface area contributed by atoms with Gasteiger partial charge in [-0.25, -0.2) is 0 Å². The molecule has 2 N–H and O–H groups in total. The second-order valence-corrected chi connectivity index (χ2v) is 4.96. The normalized spacial score (nSPS) is 14.2. The van der Waals surface area contributed by atoms with E-state index in [1.807, 2.05) is 13.8 Å². The second-order valence-electron chi connectivity index (χ2n) is 2.77. The fourth-order valence-corrected chi connectivity index (χ4v) is 2.47. The number of hydrogen-bond donors (Lipinski definition) is 2. The van der Waals surface area contributed by atoms with Gasteiger partial charge in [0.25, 0.3) is 0 Å². The van der Waals surface area contributed by atoms with Crippen LogP contribution in [0.4, 0.5) is 0 Å². The topological polar surface area (TPSA) is 49.7 Å². The Bertz CT molecular complexity index is 93.0. The fraction of sp³-hybridized carbons (Fsp3) is 1.00. The van der Waals surface area contributed by atoms with Crippen LogP contribution in [0.25, 0.3) is 0 Å². The third kappa shape index (κ3) is 5.12. The van der Waals surface area contributed by atoms with Gasteiger partial charge >= 0.3 is 61.7 Å². The predicted molar refractivity (Wildman–Crippen MR) is 44.1 cm³/mol. The predicted octanol–water partition coefficient (Wildman–Crippen LogP) is 1.16. The second kappa shape index (κ2) is 4.24. The van der Waals surface area contributed by atoms with Crippen LogP contribution in [0.1, 0.15) is 20.8 Å². The summed E-state index contributed by atoms with van der Waals surface area (Å²) in [5.74, 6) is 0.285. The van der Waals surface area contributed by atoms with Gasteiger partial charge in [-0.2, -0.15) is 0 Å². The van der Waals surface area contributed by atoms with E-state index in [2.05, 4.69) is 0 Å². The van der Waals surface area contributed by atoms with Crippen molar-refractivity contribution in [2.75, 3.05) is 12.8 Å². The summed E-state index contributed by atoms with van der Waals surface area (Å²) in [4.78, 5) is 18.3. The summed E-state index contributed by atoms with van der Waals surface area (Å²) in [6.07, 6.45) is 0.390. The molecule has 0 aliphatic heterocycles. The molecule has 0 aromatic carbocycles. The Morgan fingerprint density at radius 2 is 1.90 bits per heavy atom. The van der Waals surface area contributed by atoms with Crippen LogP contribution >= 0.6 is 7.94 Å². The van der Waals surface area contributed by atoms with Gasteiger partial charge in [-0.3, -0.25) is 0 Å². The minimum absolute atomic E-state index is 0.285. The Labute approximate surface area is 62.6 Å². The van der Waals surface area contributed by atoms with E-state index in [1.165, 1.54) is 0 Å². The van der Waals surface area contributed by atoms with Crippen LogP contribution in [0.5, 0.6) is 0 Å². The van der Waals surface area contributed by atoms with Gasteiger partial charge in [0.1, 0.15) is 0 Å². The van der Waals surface area contributed by atoms with Gasteiger partial charge in [0.15, 0.2) is 0 Å². The van der Waals surface area contributed by atoms with E-state index in [0.717, 1.165) is 0 Å². The van der Waals surface area contributed by atoms with Crippen molar-refractivity contribution in [1.82, 2.24) is 0 Å². The van der Waals surface area contributed by atoms with Crippen LogP contribution in [-0.4, -0.2) is 22.6 Å². The van der Waals surface area contributed by atoms with E-state index in [4.69, 9.17) is 14.3 Å². The Kier molecular flexibility index (Phi) is 4.37. The molecule has 0 aromatic rings. The van der Waals surface area contributed by atoms with E-state index < -0.39 is 7.94 Å². The van der Waals surface area contributed by atoms with E-state index in [0.29, 0.717) is 12.8 Å². The van der Waals surface area contributed by atoms with Gasteiger partial charge in [0, 0.05) is 0 Å². The Balaban J connectivity index is 3.63. The molecule has 0 radical (unpaired) electrons. The average Bonchev–Trinajstić information content (AvgIpc) is 1.59. The third-order valence-corrected chi connectivity index (χ3v) is 3.15. The van der Waals surface area contributed by atoms with Crippen LogP contribution in [0.3, 0.4) is 0 Å². The van der Waals surface area contributed by atoms with Gasteiger partial charge < -0.3 is 0 Å². The van der Waals surface area contributed by atoms with Crippen molar-refractivity contribution in [2.24, 2.45) is 5.92 Å². The summed E-state index contributed by atoms with van der Waals surface area (Å²) in [7, 11) is -3.27. The summed E-state index contributed by atoms with van der Waals surface area (Å²) in [5, 5.41) is 0. The molecule has 0 fully saturated rings. The van der Waals surface area contributed by atoms with Crippen LogP contribution in [-0.2, 0) is 4.52 Å². The van der Waals surface area contributed by atoms with Gasteiger partial charge in [-0.1, -0.05) is 0 Å². The zero-order valence-electron chi connectivity index (χ0n) is 6.79. The molecular weight excluding hydrogens is 151 g/mol. The first-order valence-electron chi connectivity index (χ1n) is 3.56. The van der Waals surface area contributed by atoms with Crippen LogP contribution in [0.15, 0.2) is 0 Å². The number of rotatable bonds is 4. The van der Waals surface area contributed by atoms with Crippen LogP contribution in [0, 0.1) is 5.92 Å². The molecule has 0 saturated heterocycles. The summed E-state index contributed by atoms with van der Waals surface area (Å²) in [6.45, 7) is 6.01. The molecule has 0 unspecified atom stereocenters. The molecule has 4 heteroatoms. The van der Waals surface area contributed by atoms with E-state index in [-0.39, 0.29) is 5.92 Å². The first-order chi connectivity index (χ1) is 4.48. The average molecular weight is 168 g/mol. The van der Waals surface area contributed by atoms with Gasteiger partial charge in [-0.05, 0) is 0 Å². The molecule has 0 saturated carbocycles. The molecule has 10 heavy (non-hydrogen) atoms. The Morgan fingerprint density at radius 1 is 1.40 bits per heavy atom. The van der Waals surface area contributed by atoms with Crippen molar-refractivity contribution in [1.29, 1.82) is 0 Å². The van der Waals surface area contributed by atoms with Crippen molar-refractivity contribution >= 4 is 7.94 Å². The standard InChI is InChI=1S/C6H17O3P/c1-4-9-10(7,8)5-6(2)3/h6-8,10H,4-5H2,1-3H3. The monoisotopic (exact) mass is 168 g/mol. The van der Waals surface area contributed by atoms with E-state index in [1.54, 1.807) is 6.92 Å². The molecule has 64 valence electrons. The molecular formula is C6H17O3P. The van der Waals surface area contributed by atoms with Crippen LogP contribution in [0.2, 0.25) is 0 Å². The summed E-state index contributed by atoms with van der Waals surface area (Å²) >= 11 is 0. The van der Waals surface area contributed by atoms with Crippen molar-refractivity contribution in [3.63, 3.8) is 0 Å². The minimum atomic E-state index is -3.27. The molecule has 0 aliphatic carbocycles. The Morgan fingerprint density at radius 3 is 2.20 bits per heavy atom. The zero-order chi connectivity index (χ0) is 8.20. The Hall–Kier alpha value is 0.310. The van der Waals surface area contributed by atoms with Crippen LogP contribution < -0.4 is 0 Å². The van der Waals surface area contributed by atoms with E-state index in [9.17, 15) is 0 Å². The molecule has 3 nitrogen and oxygen atoms in total. The third-order valence-electron chi connectivity index (χ3n) is 1.05. The molecule has 0 aromatic heterocycles. The maximum absolute atomic E-state index is 9.16. The van der Waals surface area contributed by atoms with Gasteiger partial charge in [0.2, 0.25) is 0 Å². The summed E-state index contributed by atoms with van der Waals surface area (Å²) < 4.78 is 4.79. The molecule has 0 amide bonds. The quantitative estimate of drug-likeness (QED) is 0.619. The molecule has 0 bridgehead atoms. The first-order valence-corrected chi connectivity index (χ1v) is 5.57. The maximum atomic E-state index is 9.16. The SMILES string of the molecule is CCO[PH](O)(O)CC(C)C. The molecule has 0 rings (SSSR count). The molecule has 0 aliphatic rings. The fourth-order valence-electron chi connectivity index (χ4n) is 0.822. The molecule has 0 heterocycles. The van der Waals surface area contributed by atoms with Gasteiger partial charge in [0.05, 0.1) is 0 Å². The molecule has 0 atom stereocenters. The number of hydrogen-bond acceptors (Lipinski definition) is 3. The summed E-state index contributed by atoms with van der Waals surface area (Å²) in [6, 6.07) is 0. The molecule has 0 spiro atoms. The zero-order valence-corrected chi connectivity index (χ0v) is 7.79. The van der Waals surface area contributed by atoms with Crippen molar-refractivity contribution < 1.29 is 14.3 Å². The first kappa shape index (κ1) is 10.3. The van der Waals surface area contributed by atoms with Gasteiger partial charge in [-0.15, -0.1) is 0 Å². The van der Waals surface area contributed by atoms with Crippen molar-refractivity contribution in [2.45, 2.75) is 20.8 Å². The van der Waals surface area contributed by atoms with Crippen molar-refractivity contribution in [3.05, 3.63) is 0 Å². The van der Waals surface area contributed by atoms with E-state index >= 15 is 0 Å². The summed E-state index contributed by atoms with van der Waals surface area (Å²) in [5.41, 5.74) is 0. The van der Waals surface area contributed by atoms with Crippen molar-refractivity contribution in [3.8, 4) is 0 Å².